The first-order valence-corrected chi connectivity index (χ1v) is 10.5. The summed E-state index contributed by atoms with van der Waals surface area (Å²) in [6.07, 6.45) is -9.87. The smallest absolute Gasteiger partial charge is 0.416 e. The predicted molar refractivity (Wildman–Crippen MR) is 118 cm³/mol. The highest BCUT2D eigenvalue weighted by atomic mass is 19.4. The minimum absolute atomic E-state index is 0.188. The van der Waals surface area contributed by atoms with Gasteiger partial charge >= 0.3 is 18.4 Å². The number of nitrogens with one attached hydrogen (secondary N) is 2. The van der Waals surface area contributed by atoms with Crippen molar-refractivity contribution in [2.45, 2.75) is 24.3 Å². The fourth-order valence-electron chi connectivity index (χ4n) is 3.76. The fraction of sp³-hybridized carbons (Fsp3) is 0.240. The monoisotopic (exact) mass is 514 g/mol. The number of hydrogen-bond donors (Lipinski definition) is 2. The molecule has 2 amide bonds. The van der Waals surface area contributed by atoms with Gasteiger partial charge in [-0.15, -0.1) is 0 Å². The van der Waals surface area contributed by atoms with E-state index in [0.29, 0.717) is 23.4 Å². The lowest BCUT2D eigenvalue weighted by Crippen LogP contribution is -2.53. The average Bonchev–Trinajstić information content (AvgIpc) is 2.81. The lowest BCUT2D eigenvalue weighted by atomic mass is 9.77. The Morgan fingerprint density at radius 3 is 2.00 bits per heavy atom. The first-order chi connectivity index (χ1) is 16.8. The van der Waals surface area contributed by atoms with E-state index in [1.165, 1.54) is 31.4 Å². The second kappa shape index (κ2) is 10.5. The van der Waals surface area contributed by atoms with Gasteiger partial charge in [-0.1, -0.05) is 42.5 Å². The molecule has 2 N–H and O–H groups in total. The Hall–Kier alpha value is -3.76. The van der Waals surface area contributed by atoms with E-state index in [9.17, 15) is 35.5 Å². The maximum absolute atomic E-state index is 14.5. The van der Waals surface area contributed by atoms with Crippen LogP contribution >= 0.6 is 0 Å². The zero-order valence-corrected chi connectivity index (χ0v) is 18.8. The van der Waals surface area contributed by atoms with Gasteiger partial charge in [0.15, 0.2) is 0 Å². The number of benzene rings is 3. The summed E-state index contributed by atoms with van der Waals surface area (Å²) in [5.41, 5.74) is -2.83. The first-order valence-electron chi connectivity index (χ1n) is 10.5. The van der Waals surface area contributed by atoms with Crippen LogP contribution in [0.1, 0.15) is 22.3 Å². The number of halogens is 7. The number of carbonyl (C=O) groups excluding carboxylic acids is 1. The zero-order valence-electron chi connectivity index (χ0n) is 18.8. The summed E-state index contributed by atoms with van der Waals surface area (Å²) in [6, 6.07) is 14.5. The number of carbonyl (C=O) groups is 1. The van der Waals surface area contributed by atoms with Gasteiger partial charge in [-0.25, -0.2) is 9.18 Å². The molecule has 0 heterocycles. The predicted octanol–water partition coefficient (Wildman–Crippen LogP) is 6.20. The molecule has 192 valence electrons. The van der Waals surface area contributed by atoms with Crippen LogP contribution in [0, 0.1) is 5.82 Å². The first kappa shape index (κ1) is 26.8. The molecule has 36 heavy (non-hydrogen) atoms. The number of alkyl halides is 6. The SMILES string of the molecule is COc1ccc(C(Cc2ccccc2)(NC(=O)NCC(F)(F)F)c2cc(F)cc(C(F)(F)F)c2)cc1. The normalized spacial score (nSPS) is 13.6. The van der Waals surface area contributed by atoms with Gasteiger partial charge < -0.3 is 15.4 Å². The fourth-order valence-corrected chi connectivity index (χ4v) is 3.76. The maximum atomic E-state index is 14.5. The van der Waals surface area contributed by atoms with Gasteiger partial charge in [0.1, 0.15) is 18.1 Å². The molecule has 11 heteroatoms. The van der Waals surface area contributed by atoms with Crippen molar-refractivity contribution in [2.75, 3.05) is 13.7 Å². The second-order valence-corrected chi connectivity index (χ2v) is 7.95. The van der Waals surface area contributed by atoms with Crippen LogP contribution in [-0.4, -0.2) is 25.9 Å². The molecule has 3 aromatic carbocycles. The van der Waals surface area contributed by atoms with Gasteiger partial charge in [-0.05, 0) is 47.0 Å². The van der Waals surface area contributed by atoms with Crippen LogP contribution in [0.25, 0.3) is 0 Å². The van der Waals surface area contributed by atoms with Crippen LogP contribution in [0.15, 0.2) is 72.8 Å². The number of rotatable bonds is 7. The van der Waals surface area contributed by atoms with Crippen LogP contribution in [0.3, 0.4) is 0 Å². The van der Waals surface area contributed by atoms with E-state index in [-0.39, 0.29) is 17.5 Å². The van der Waals surface area contributed by atoms with Crippen molar-refractivity contribution in [3.8, 4) is 5.75 Å². The molecule has 0 aliphatic heterocycles. The lowest BCUT2D eigenvalue weighted by Gasteiger charge is -2.37. The molecule has 1 atom stereocenters. The topological polar surface area (TPSA) is 50.4 Å². The minimum atomic E-state index is -4.92. The third kappa shape index (κ3) is 6.67. The molecule has 3 rings (SSSR count). The van der Waals surface area contributed by atoms with Crippen molar-refractivity contribution < 1.29 is 40.3 Å². The molecular weight excluding hydrogens is 493 g/mol. The molecule has 0 aliphatic rings. The van der Waals surface area contributed by atoms with Crippen molar-refractivity contribution in [1.29, 1.82) is 0 Å². The van der Waals surface area contributed by atoms with Crippen LogP contribution in [0.2, 0.25) is 0 Å². The van der Waals surface area contributed by atoms with Crippen LogP contribution in [-0.2, 0) is 18.1 Å². The van der Waals surface area contributed by atoms with Gasteiger partial charge in [-0.2, -0.15) is 26.3 Å². The number of methoxy groups -OCH3 is 1. The highest BCUT2D eigenvalue weighted by Gasteiger charge is 2.40. The molecule has 0 aromatic heterocycles. The third-order valence-electron chi connectivity index (χ3n) is 5.39. The summed E-state index contributed by atoms with van der Waals surface area (Å²) in [7, 11) is 1.39. The van der Waals surface area contributed by atoms with Crippen molar-refractivity contribution in [3.63, 3.8) is 0 Å². The molecular formula is C25H21F7N2O2. The summed E-state index contributed by atoms with van der Waals surface area (Å²) in [5.74, 6) is -0.854. The molecule has 0 bridgehead atoms. The average molecular weight is 514 g/mol. The van der Waals surface area contributed by atoms with E-state index in [4.69, 9.17) is 4.74 Å². The van der Waals surface area contributed by atoms with E-state index in [0.717, 1.165) is 6.07 Å². The molecule has 4 nitrogen and oxygen atoms in total. The Labute approximate surface area is 202 Å². The summed E-state index contributed by atoms with van der Waals surface area (Å²) in [5, 5.41) is 4.07. The number of urea groups is 1. The number of ether oxygens (including phenoxy) is 1. The van der Waals surface area contributed by atoms with Crippen LogP contribution in [0.4, 0.5) is 35.5 Å². The molecule has 0 spiro atoms. The van der Waals surface area contributed by atoms with E-state index >= 15 is 0 Å². The second-order valence-electron chi connectivity index (χ2n) is 7.95. The van der Waals surface area contributed by atoms with Crippen LogP contribution in [0.5, 0.6) is 5.75 Å². The van der Waals surface area contributed by atoms with Crippen molar-refractivity contribution in [2.24, 2.45) is 0 Å². The van der Waals surface area contributed by atoms with Gasteiger partial charge in [0.2, 0.25) is 0 Å². The third-order valence-corrected chi connectivity index (χ3v) is 5.39. The largest absolute Gasteiger partial charge is 0.497 e. The minimum Gasteiger partial charge on any atom is -0.497 e. The Balaban J connectivity index is 2.25. The van der Waals surface area contributed by atoms with E-state index in [2.05, 4.69) is 5.32 Å². The van der Waals surface area contributed by atoms with Crippen molar-refractivity contribution in [3.05, 3.63) is 101 Å². The standard InChI is InChI=1S/C25H21F7N2O2/c1-36-21-9-7-17(8-10-21)23(14-16-5-3-2-4-6-16,34-22(35)33-15-24(27,28)29)18-11-19(25(30,31)32)13-20(26)12-18/h2-13H,14-15H2,1H3,(H2,33,34,35). The lowest BCUT2D eigenvalue weighted by molar-refractivity contribution is -0.137. The van der Waals surface area contributed by atoms with Gasteiger partial charge in [0.05, 0.1) is 18.2 Å². The Morgan fingerprint density at radius 1 is 0.833 bits per heavy atom. The summed E-state index contributed by atoms with van der Waals surface area (Å²) in [6.45, 7) is -1.68. The molecule has 0 saturated carbocycles. The number of hydrogen-bond acceptors (Lipinski definition) is 2. The maximum Gasteiger partial charge on any atom is 0.416 e. The van der Waals surface area contributed by atoms with E-state index in [1.807, 2.05) is 0 Å². The highest BCUT2D eigenvalue weighted by molar-refractivity contribution is 5.76. The zero-order chi connectivity index (χ0) is 26.6. The highest BCUT2D eigenvalue weighted by Crippen LogP contribution is 2.38. The Morgan fingerprint density at radius 2 is 1.44 bits per heavy atom. The molecule has 0 radical (unpaired) electrons. The quantitative estimate of drug-likeness (QED) is 0.369. The van der Waals surface area contributed by atoms with E-state index < -0.39 is 41.8 Å². The van der Waals surface area contributed by atoms with Gasteiger partial charge in [0, 0.05) is 6.42 Å². The number of amides is 2. The van der Waals surface area contributed by atoms with Crippen molar-refractivity contribution >= 4 is 6.03 Å². The molecule has 1 unspecified atom stereocenters. The summed E-state index contributed by atoms with van der Waals surface area (Å²) < 4.78 is 98.5. The molecule has 0 saturated heterocycles. The summed E-state index contributed by atoms with van der Waals surface area (Å²) >= 11 is 0. The molecule has 0 fully saturated rings. The Bertz CT molecular complexity index is 1180. The summed E-state index contributed by atoms with van der Waals surface area (Å²) in [4.78, 5) is 12.7. The van der Waals surface area contributed by atoms with Crippen LogP contribution < -0.4 is 15.4 Å². The van der Waals surface area contributed by atoms with Crippen molar-refractivity contribution in [1.82, 2.24) is 10.6 Å². The van der Waals surface area contributed by atoms with Gasteiger partial charge in [-0.3, -0.25) is 0 Å². The van der Waals surface area contributed by atoms with Gasteiger partial charge in [0.25, 0.3) is 0 Å². The Kier molecular flexibility index (Phi) is 7.80. The van der Waals surface area contributed by atoms with E-state index in [1.54, 1.807) is 35.6 Å². The molecule has 3 aromatic rings. The molecule has 0 aliphatic carbocycles.